The molecule has 0 spiro atoms. The molecule has 4 nitrogen and oxygen atoms in total. The summed E-state index contributed by atoms with van der Waals surface area (Å²) in [5, 5.41) is 0. The summed E-state index contributed by atoms with van der Waals surface area (Å²) < 4.78 is 29.4. The number of ether oxygens (including phenoxy) is 3. The van der Waals surface area contributed by atoms with Crippen molar-refractivity contribution in [1.82, 2.24) is 0 Å². The van der Waals surface area contributed by atoms with Crippen LogP contribution >= 0.6 is 0 Å². The van der Waals surface area contributed by atoms with E-state index in [1.807, 2.05) is 0 Å². The molecular weight excluding hydrogens is 275 g/mol. The lowest BCUT2D eigenvalue weighted by Gasteiger charge is -2.12. The van der Waals surface area contributed by atoms with E-state index in [-0.39, 0.29) is 12.2 Å². The predicted octanol–water partition coefficient (Wildman–Crippen LogP) is 3.37. The van der Waals surface area contributed by atoms with Crippen molar-refractivity contribution in [1.29, 1.82) is 0 Å². The minimum atomic E-state index is -0.412. The molecule has 0 radical (unpaired) electrons. The Bertz CT molecular complexity index is 724. The number of ketones is 1. The van der Waals surface area contributed by atoms with E-state index >= 15 is 0 Å². The van der Waals surface area contributed by atoms with Crippen LogP contribution in [0.25, 0.3) is 0 Å². The number of Topliss-reactive ketones (excluding diaryl/α,β-unsaturated/α-hetero) is 1. The van der Waals surface area contributed by atoms with Crippen molar-refractivity contribution in [2.45, 2.75) is 6.42 Å². The highest BCUT2D eigenvalue weighted by Crippen LogP contribution is 2.40. The maximum atomic E-state index is 13.4. The van der Waals surface area contributed by atoms with E-state index in [4.69, 9.17) is 14.2 Å². The van der Waals surface area contributed by atoms with Crippen LogP contribution in [0.15, 0.2) is 30.3 Å². The van der Waals surface area contributed by atoms with Crippen molar-refractivity contribution in [3.8, 4) is 23.0 Å². The molecular formula is C16H13FO4. The van der Waals surface area contributed by atoms with Crippen LogP contribution in [0.1, 0.15) is 15.9 Å². The van der Waals surface area contributed by atoms with Gasteiger partial charge in [-0.3, -0.25) is 4.79 Å². The van der Waals surface area contributed by atoms with Crippen LogP contribution in [-0.2, 0) is 6.42 Å². The monoisotopic (exact) mass is 288 g/mol. The third-order valence-corrected chi connectivity index (χ3v) is 3.39. The number of benzene rings is 2. The van der Waals surface area contributed by atoms with Gasteiger partial charge in [0.25, 0.3) is 0 Å². The molecule has 0 aromatic heterocycles. The van der Waals surface area contributed by atoms with E-state index in [0.29, 0.717) is 34.1 Å². The van der Waals surface area contributed by atoms with Crippen molar-refractivity contribution >= 4 is 5.78 Å². The van der Waals surface area contributed by atoms with Gasteiger partial charge in [0, 0.05) is 24.1 Å². The number of halogens is 1. The molecule has 2 aromatic carbocycles. The standard InChI is InChI=1S/C16H13FO4/c1-19-15-7-11-12(18)5-9-3-4-10(17)6-13(9)21-14(11)8-16(15)20-2/h3-4,6-8H,5H2,1-2H3. The zero-order chi connectivity index (χ0) is 15.0. The molecule has 2 aromatic rings. The first-order valence-corrected chi connectivity index (χ1v) is 6.38. The summed E-state index contributed by atoms with van der Waals surface area (Å²) in [6.07, 6.45) is 0.151. The van der Waals surface area contributed by atoms with Gasteiger partial charge in [-0.15, -0.1) is 0 Å². The Morgan fingerprint density at radius 2 is 1.76 bits per heavy atom. The van der Waals surface area contributed by atoms with E-state index in [1.165, 1.54) is 26.4 Å². The molecule has 0 unspecified atom stereocenters. The maximum Gasteiger partial charge on any atom is 0.171 e. The Labute approximate surface area is 121 Å². The van der Waals surface area contributed by atoms with Crippen LogP contribution in [0.4, 0.5) is 4.39 Å². The third kappa shape index (κ3) is 2.31. The first-order chi connectivity index (χ1) is 10.1. The van der Waals surface area contributed by atoms with Gasteiger partial charge < -0.3 is 14.2 Å². The maximum absolute atomic E-state index is 13.4. The second-order valence-electron chi connectivity index (χ2n) is 4.66. The van der Waals surface area contributed by atoms with Gasteiger partial charge in [0.15, 0.2) is 17.3 Å². The minimum Gasteiger partial charge on any atom is -0.493 e. The van der Waals surface area contributed by atoms with E-state index in [2.05, 4.69) is 0 Å². The van der Waals surface area contributed by atoms with Crippen molar-refractivity contribution in [2.75, 3.05) is 14.2 Å². The molecule has 1 heterocycles. The van der Waals surface area contributed by atoms with Gasteiger partial charge >= 0.3 is 0 Å². The number of methoxy groups -OCH3 is 2. The van der Waals surface area contributed by atoms with Gasteiger partial charge in [-0.25, -0.2) is 4.39 Å². The van der Waals surface area contributed by atoms with E-state index in [1.54, 1.807) is 18.2 Å². The summed E-state index contributed by atoms with van der Waals surface area (Å²) >= 11 is 0. The quantitative estimate of drug-likeness (QED) is 0.850. The summed E-state index contributed by atoms with van der Waals surface area (Å²) in [7, 11) is 2.99. The summed E-state index contributed by atoms with van der Waals surface area (Å²) in [4.78, 5) is 12.4. The zero-order valence-corrected chi connectivity index (χ0v) is 11.6. The summed E-state index contributed by atoms with van der Waals surface area (Å²) in [5.74, 6) is 1.05. The first-order valence-electron chi connectivity index (χ1n) is 6.38. The number of hydrogen-bond donors (Lipinski definition) is 0. The SMILES string of the molecule is COc1cc2c(cc1OC)C(=O)Cc1ccc(F)cc1O2. The highest BCUT2D eigenvalue weighted by molar-refractivity contribution is 6.01. The Hall–Kier alpha value is -2.56. The lowest BCUT2D eigenvalue weighted by molar-refractivity contribution is 0.0993. The van der Waals surface area contributed by atoms with E-state index in [0.717, 1.165) is 0 Å². The molecule has 0 bridgehead atoms. The largest absolute Gasteiger partial charge is 0.493 e. The van der Waals surface area contributed by atoms with Gasteiger partial charge in [-0.2, -0.15) is 0 Å². The molecule has 0 aliphatic carbocycles. The lowest BCUT2D eigenvalue weighted by Crippen LogP contribution is -2.03. The van der Waals surface area contributed by atoms with Gasteiger partial charge in [-0.1, -0.05) is 6.07 Å². The fourth-order valence-electron chi connectivity index (χ4n) is 2.32. The Kier molecular flexibility index (Phi) is 3.25. The number of hydrogen-bond acceptors (Lipinski definition) is 4. The smallest absolute Gasteiger partial charge is 0.171 e. The van der Waals surface area contributed by atoms with Gasteiger partial charge in [-0.05, 0) is 12.1 Å². The summed E-state index contributed by atoms with van der Waals surface area (Å²) in [6, 6.07) is 7.30. The summed E-state index contributed by atoms with van der Waals surface area (Å²) in [5.41, 5.74) is 1.04. The van der Waals surface area contributed by atoms with Crippen LogP contribution in [0.2, 0.25) is 0 Å². The molecule has 1 aliphatic heterocycles. The molecule has 0 saturated carbocycles. The fraction of sp³-hybridized carbons (Fsp3) is 0.188. The molecule has 5 heteroatoms. The lowest BCUT2D eigenvalue weighted by atomic mass is 10.0. The Morgan fingerprint density at radius 1 is 1.05 bits per heavy atom. The van der Waals surface area contributed by atoms with Crippen LogP contribution in [0.3, 0.4) is 0 Å². The zero-order valence-electron chi connectivity index (χ0n) is 11.6. The Morgan fingerprint density at radius 3 is 2.48 bits per heavy atom. The fourth-order valence-corrected chi connectivity index (χ4v) is 2.32. The molecule has 21 heavy (non-hydrogen) atoms. The van der Waals surface area contributed by atoms with Crippen molar-refractivity contribution in [3.05, 3.63) is 47.3 Å². The molecule has 0 atom stereocenters. The van der Waals surface area contributed by atoms with E-state index < -0.39 is 5.82 Å². The normalized spacial score (nSPS) is 12.8. The molecule has 0 amide bonds. The molecule has 0 saturated heterocycles. The van der Waals surface area contributed by atoms with Gasteiger partial charge in [0.2, 0.25) is 0 Å². The summed E-state index contributed by atoms with van der Waals surface area (Å²) in [6.45, 7) is 0. The van der Waals surface area contributed by atoms with Crippen molar-refractivity contribution < 1.29 is 23.4 Å². The molecule has 108 valence electrons. The van der Waals surface area contributed by atoms with Crippen LogP contribution < -0.4 is 14.2 Å². The van der Waals surface area contributed by atoms with E-state index in [9.17, 15) is 9.18 Å². The minimum absolute atomic E-state index is 0.115. The molecule has 3 rings (SSSR count). The van der Waals surface area contributed by atoms with Crippen molar-refractivity contribution in [3.63, 3.8) is 0 Å². The van der Waals surface area contributed by atoms with Crippen LogP contribution in [-0.4, -0.2) is 20.0 Å². The second-order valence-corrected chi connectivity index (χ2v) is 4.66. The van der Waals surface area contributed by atoms with Gasteiger partial charge in [0.05, 0.1) is 19.8 Å². The molecule has 0 fully saturated rings. The number of fused-ring (bicyclic) bond motifs is 2. The highest BCUT2D eigenvalue weighted by Gasteiger charge is 2.24. The second kappa shape index (κ2) is 5.09. The highest BCUT2D eigenvalue weighted by atomic mass is 19.1. The van der Waals surface area contributed by atoms with Crippen molar-refractivity contribution in [2.24, 2.45) is 0 Å². The number of carbonyl (C=O) groups is 1. The van der Waals surface area contributed by atoms with Crippen LogP contribution in [0, 0.1) is 5.82 Å². The van der Waals surface area contributed by atoms with Gasteiger partial charge in [0.1, 0.15) is 17.3 Å². The third-order valence-electron chi connectivity index (χ3n) is 3.39. The average molecular weight is 288 g/mol. The number of carbonyl (C=O) groups excluding carboxylic acids is 1. The topological polar surface area (TPSA) is 44.8 Å². The molecule has 1 aliphatic rings. The predicted molar refractivity (Wildman–Crippen MR) is 74.1 cm³/mol. The Balaban J connectivity index is 2.16. The number of rotatable bonds is 2. The first kappa shape index (κ1) is 13.4. The average Bonchev–Trinajstić information content (AvgIpc) is 2.61. The molecule has 0 N–H and O–H groups in total. The van der Waals surface area contributed by atoms with Crippen LogP contribution in [0.5, 0.6) is 23.0 Å².